The van der Waals surface area contributed by atoms with Crippen molar-refractivity contribution in [1.29, 1.82) is 0 Å². The predicted molar refractivity (Wildman–Crippen MR) is 78.3 cm³/mol. The van der Waals surface area contributed by atoms with Gasteiger partial charge in [-0.05, 0) is 26.3 Å². The maximum absolute atomic E-state index is 10.8. The molecule has 1 aromatic carbocycles. The van der Waals surface area contributed by atoms with Gasteiger partial charge in [0.2, 0.25) is 0 Å². The first kappa shape index (κ1) is 13.5. The van der Waals surface area contributed by atoms with Crippen molar-refractivity contribution in [3.05, 3.63) is 45.8 Å². The minimum absolute atomic E-state index is 0.730. The topological polar surface area (TPSA) is 50.2 Å². The van der Waals surface area contributed by atoms with Crippen molar-refractivity contribution in [1.82, 2.24) is 4.98 Å². The second-order valence-corrected chi connectivity index (χ2v) is 5.65. The zero-order valence-electron chi connectivity index (χ0n) is 11.1. The maximum Gasteiger partial charge on any atom is 0.328 e. The summed E-state index contributed by atoms with van der Waals surface area (Å²) in [5.74, 6) is -0.932. The minimum Gasteiger partial charge on any atom is -0.478 e. The van der Waals surface area contributed by atoms with E-state index < -0.39 is 5.97 Å². The van der Waals surface area contributed by atoms with Crippen LogP contribution in [0, 0.1) is 13.8 Å². The predicted octanol–water partition coefficient (Wildman–Crippen LogP) is 3.91. The summed E-state index contributed by atoms with van der Waals surface area (Å²) in [6.45, 7) is 5.77. The van der Waals surface area contributed by atoms with E-state index in [0.717, 1.165) is 26.7 Å². The van der Waals surface area contributed by atoms with Crippen LogP contribution in [0.1, 0.15) is 22.4 Å². The van der Waals surface area contributed by atoms with E-state index >= 15 is 0 Å². The number of aryl methyl sites for hydroxylation is 2. The average molecular weight is 273 g/mol. The van der Waals surface area contributed by atoms with Gasteiger partial charge in [-0.1, -0.05) is 29.8 Å². The minimum atomic E-state index is -0.932. The van der Waals surface area contributed by atoms with Crippen LogP contribution < -0.4 is 0 Å². The number of benzene rings is 1. The number of hydrogen-bond donors (Lipinski definition) is 1. The van der Waals surface area contributed by atoms with E-state index in [-0.39, 0.29) is 0 Å². The van der Waals surface area contributed by atoms with Crippen LogP contribution in [0.25, 0.3) is 16.8 Å². The van der Waals surface area contributed by atoms with E-state index in [2.05, 4.69) is 4.98 Å². The molecule has 98 valence electrons. The highest BCUT2D eigenvalue weighted by molar-refractivity contribution is 7.13. The molecule has 19 heavy (non-hydrogen) atoms. The fourth-order valence-corrected chi connectivity index (χ4v) is 2.76. The number of aromatic nitrogens is 1. The van der Waals surface area contributed by atoms with E-state index in [1.165, 1.54) is 23.0 Å². The van der Waals surface area contributed by atoms with Crippen molar-refractivity contribution in [2.75, 3.05) is 0 Å². The molecule has 2 aromatic rings. The second kappa shape index (κ2) is 5.36. The molecule has 0 spiro atoms. The number of hydrogen-bond acceptors (Lipinski definition) is 3. The summed E-state index contributed by atoms with van der Waals surface area (Å²) in [7, 11) is 0. The van der Waals surface area contributed by atoms with Gasteiger partial charge in [0.25, 0.3) is 0 Å². The lowest BCUT2D eigenvalue weighted by atomic mass is 10.1. The smallest absolute Gasteiger partial charge is 0.328 e. The lowest BCUT2D eigenvalue weighted by molar-refractivity contribution is -0.131. The van der Waals surface area contributed by atoms with E-state index in [1.54, 1.807) is 6.92 Å². The fourth-order valence-electron chi connectivity index (χ4n) is 1.85. The molecular formula is C15H15NO2S. The number of thiazole rings is 1. The number of allylic oxidation sites excluding steroid dienone is 1. The third kappa shape index (κ3) is 3.09. The molecule has 0 saturated heterocycles. The quantitative estimate of drug-likeness (QED) is 0.862. The van der Waals surface area contributed by atoms with E-state index in [1.807, 2.05) is 38.1 Å². The Balaban J connectivity index is 2.52. The van der Waals surface area contributed by atoms with Gasteiger partial charge in [-0.3, -0.25) is 0 Å². The molecule has 1 N–H and O–H groups in total. The first-order valence-corrected chi connectivity index (χ1v) is 6.75. The molecule has 0 amide bonds. The van der Waals surface area contributed by atoms with Gasteiger partial charge in [-0.2, -0.15) is 0 Å². The summed E-state index contributed by atoms with van der Waals surface area (Å²) in [6.07, 6.45) is 1.23. The van der Waals surface area contributed by atoms with Crippen LogP contribution in [0.4, 0.5) is 0 Å². The van der Waals surface area contributed by atoms with E-state index in [4.69, 9.17) is 5.11 Å². The maximum atomic E-state index is 10.8. The highest BCUT2D eigenvalue weighted by Crippen LogP contribution is 2.33. The number of carboxylic acid groups (broad SMARTS) is 1. The van der Waals surface area contributed by atoms with Crippen molar-refractivity contribution >= 4 is 22.9 Å². The van der Waals surface area contributed by atoms with Gasteiger partial charge in [-0.15, -0.1) is 11.3 Å². The van der Waals surface area contributed by atoms with Crippen molar-refractivity contribution in [3.63, 3.8) is 0 Å². The van der Waals surface area contributed by atoms with Crippen LogP contribution in [-0.2, 0) is 4.79 Å². The zero-order chi connectivity index (χ0) is 14.0. The van der Waals surface area contributed by atoms with Gasteiger partial charge in [0, 0.05) is 11.6 Å². The van der Waals surface area contributed by atoms with E-state index in [9.17, 15) is 4.79 Å². The normalized spacial score (nSPS) is 11.6. The molecule has 0 aliphatic rings. The molecule has 0 aliphatic heterocycles. The Morgan fingerprint density at radius 1 is 1.26 bits per heavy atom. The summed E-state index contributed by atoms with van der Waals surface area (Å²) in [5, 5.41) is 9.79. The zero-order valence-corrected chi connectivity index (χ0v) is 11.9. The van der Waals surface area contributed by atoms with Crippen molar-refractivity contribution in [3.8, 4) is 11.3 Å². The van der Waals surface area contributed by atoms with Gasteiger partial charge in [0.1, 0.15) is 0 Å². The third-order valence-electron chi connectivity index (χ3n) is 2.76. The summed E-state index contributed by atoms with van der Waals surface area (Å²) in [4.78, 5) is 16.2. The van der Waals surface area contributed by atoms with Crippen molar-refractivity contribution in [2.45, 2.75) is 20.8 Å². The molecule has 0 fully saturated rings. The Morgan fingerprint density at radius 2 is 1.89 bits per heavy atom. The highest BCUT2D eigenvalue weighted by Gasteiger charge is 2.13. The lowest BCUT2D eigenvalue weighted by Gasteiger charge is -2.03. The van der Waals surface area contributed by atoms with Crippen LogP contribution in [0.3, 0.4) is 0 Å². The molecule has 1 heterocycles. The molecule has 0 bridgehead atoms. The Hall–Kier alpha value is -1.94. The SMILES string of the molecule is C/C(=C\C(=O)O)c1sc(C)nc1-c1ccc(C)cc1. The molecule has 1 aromatic heterocycles. The number of rotatable bonds is 3. The molecule has 0 aliphatic carbocycles. The van der Waals surface area contributed by atoms with Gasteiger partial charge in [-0.25, -0.2) is 9.78 Å². The summed E-state index contributed by atoms with van der Waals surface area (Å²) < 4.78 is 0. The Labute approximate surface area is 116 Å². The fraction of sp³-hybridized carbons (Fsp3) is 0.200. The molecule has 0 saturated carbocycles. The molecular weight excluding hydrogens is 258 g/mol. The van der Waals surface area contributed by atoms with Crippen LogP contribution >= 0.6 is 11.3 Å². The molecule has 4 heteroatoms. The van der Waals surface area contributed by atoms with Crippen molar-refractivity contribution < 1.29 is 9.90 Å². The monoisotopic (exact) mass is 273 g/mol. The van der Waals surface area contributed by atoms with Gasteiger partial charge < -0.3 is 5.11 Å². The molecule has 0 radical (unpaired) electrons. The van der Waals surface area contributed by atoms with Gasteiger partial charge in [0.15, 0.2) is 0 Å². The number of nitrogens with zero attached hydrogens (tertiary/aromatic N) is 1. The third-order valence-corrected chi connectivity index (χ3v) is 3.86. The molecule has 3 nitrogen and oxygen atoms in total. The lowest BCUT2D eigenvalue weighted by Crippen LogP contribution is -1.90. The van der Waals surface area contributed by atoms with Crippen LogP contribution in [0.15, 0.2) is 30.3 Å². The van der Waals surface area contributed by atoms with Crippen LogP contribution in [0.2, 0.25) is 0 Å². The Morgan fingerprint density at radius 3 is 2.47 bits per heavy atom. The van der Waals surface area contributed by atoms with Gasteiger partial charge >= 0.3 is 5.97 Å². The molecule has 2 rings (SSSR count). The van der Waals surface area contributed by atoms with Crippen LogP contribution in [0.5, 0.6) is 0 Å². The van der Waals surface area contributed by atoms with E-state index in [0.29, 0.717) is 0 Å². The molecule has 0 atom stereocenters. The summed E-state index contributed by atoms with van der Waals surface area (Å²) in [5.41, 5.74) is 3.80. The number of carboxylic acids is 1. The Kier molecular flexibility index (Phi) is 3.81. The summed E-state index contributed by atoms with van der Waals surface area (Å²) >= 11 is 1.52. The average Bonchev–Trinajstić information content (AvgIpc) is 2.71. The number of carbonyl (C=O) groups is 1. The molecule has 0 unspecified atom stereocenters. The first-order chi connectivity index (χ1) is 8.97. The second-order valence-electron chi connectivity index (χ2n) is 4.44. The van der Waals surface area contributed by atoms with Crippen LogP contribution in [-0.4, -0.2) is 16.1 Å². The first-order valence-electron chi connectivity index (χ1n) is 5.93. The summed E-state index contributed by atoms with van der Waals surface area (Å²) in [6, 6.07) is 8.09. The largest absolute Gasteiger partial charge is 0.478 e. The highest BCUT2D eigenvalue weighted by atomic mass is 32.1. The Bertz CT molecular complexity index is 639. The van der Waals surface area contributed by atoms with Gasteiger partial charge in [0.05, 0.1) is 15.6 Å². The number of aliphatic carboxylic acids is 1. The standard InChI is InChI=1S/C15H15NO2S/c1-9-4-6-12(7-5-9)14-15(19-11(3)16-14)10(2)8-13(17)18/h4-8H,1-3H3,(H,17,18)/b10-8+. The van der Waals surface area contributed by atoms with Crippen molar-refractivity contribution in [2.24, 2.45) is 0 Å².